The van der Waals surface area contributed by atoms with Crippen LogP contribution in [0.2, 0.25) is 0 Å². The molecule has 1 aromatic carbocycles. The SMILES string of the molecule is OC1(Cn2ccc3ccncc32)CCN(Cc2cccc(F)c2F)CC1. The average Bonchev–Trinajstić information content (AvgIpc) is 3.04. The minimum atomic E-state index is -0.816. The zero-order chi connectivity index (χ0) is 18.1. The van der Waals surface area contributed by atoms with Crippen LogP contribution in [0.4, 0.5) is 8.78 Å². The molecule has 1 aliphatic rings. The van der Waals surface area contributed by atoms with E-state index in [0.717, 1.165) is 17.0 Å². The minimum absolute atomic E-state index is 0.357. The molecule has 136 valence electrons. The number of aromatic nitrogens is 2. The van der Waals surface area contributed by atoms with E-state index in [0.29, 0.717) is 44.6 Å². The van der Waals surface area contributed by atoms with E-state index in [-0.39, 0.29) is 0 Å². The van der Waals surface area contributed by atoms with Gasteiger partial charge < -0.3 is 9.67 Å². The van der Waals surface area contributed by atoms with Gasteiger partial charge in [0.2, 0.25) is 0 Å². The van der Waals surface area contributed by atoms with Crippen molar-refractivity contribution in [2.75, 3.05) is 13.1 Å². The summed E-state index contributed by atoms with van der Waals surface area (Å²) >= 11 is 0. The van der Waals surface area contributed by atoms with Crippen LogP contribution >= 0.6 is 0 Å². The molecular weight excluding hydrogens is 336 g/mol. The maximum atomic E-state index is 13.8. The summed E-state index contributed by atoms with van der Waals surface area (Å²) in [4.78, 5) is 6.22. The van der Waals surface area contributed by atoms with Gasteiger partial charge in [0.15, 0.2) is 11.6 Å². The van der Waals surface area contributed by atoms with Crippen molar-refractivity contribution in [1.82, 2.24) is 14.5 Å². The van der Waals surface area contributed by atoms with Crippen molar-refractivity contribution >= 4 is 10.9 Å². The lowest BCUT2D eigenvalue weighted by atomic mass is 9.91. The highest BCUT2D eigenvalue weighted by atomic mass is 19.2. The second-order valence-electron chi connectivity index (χ2n) is 7.09. The third kappa shape index (κ3) is 3.34. The van der Waals surface area contributed by atoms with Gasteiger partial charge in [-0.25, -0.2) is 8.78 Å². The standard InChI is InChI=1S/C20H21F2N3O/c21-17-3-1-2-16(19(17)22)13-24-10-6-20(26,7-11-24)14-25-9-5-15-4-8-23-12-18(15)25/h1-5,8-9,12,26H,6-7,10-11,13-14H2. The van der Waals surface area contributed by atoms with Gasteiger partial charge in [0.25, 0.3) is 0 Å². The lowest BCUT2D eigenvalue weighted by Gasteiger charge is -2.38. The molecule has 1 N–H and O–H groups in total. The number of halogens is 2. The van der Waals surface area contributed by atoms with Crippen LogP contribution in [0.5, 0.6) is 0 Å². The van der Waals surface area contributed by atoms with Crippen molar-refractivity contribution in [1.29, 1.82) is 0 Å². The Morgan fingerprint density at radius 1 is 1.12 bits per heavy atom. The van der Waals surface area contributed by atoms with Gasteiger partial charge in [-0.15, -0.1) is 0 Å². The number of likely N-dealkylation sites (tertiary alicyclic amines) is 1. The maximum Gasteiger partial charge on any atom is 0.163 e. The van der Waals surface area contributed by atoms with Crippen LogP contribution in [0.1, 0.15) is 18.4 Å². The summed E-state index contributed by atoms with van der Waals surface area (Å²) in [6.45, 7) is 2.15. The van der Waals surface area contributed by atoms with Crippen LogP contribution in [0.15, 0.2) is 48.9 Å². The quantitative estimate of drug-likeness (QED) is 0.779. The van der Waals surface area contributed by atoms with Gasteiger partial charge in [-0.3, -0.25) is 9.88 Å². The Hall–Kier alpha value is -2.31. The third-order valence-corrected chi connectivity index (χ3v) is 5.25. The van der Waals surface area contributed by atoms with Crippen molar-refractivity contribution < 1.29 is 13.9 Å². The monoisotopic (exact) mass is 357 g/mol. The molecule has 4 rings (SSSR count). The third-order valence-electron chi connectivity index (χ3n) is 5.25. The number of piperidine rings is 1. The van der Waals surface area contributed by atoms with E-state index in [4.69, 9.17) is 0 Å². The van der Waals surface area contributed by atoms with Crippen molar-refractivity contribution in [3.8, 4) is 0 Å². The summed E-state index contributed by atoms with van der Waals surface area (Å²) in [7, 11) is 0. The predicted molar refractivity (Wildman–Crippen MR) is 95.6 cm³/mol. The molecule has 2 aromatic heterocycles. The largest absolute Gasteiger partial charge is 0.388 e. The first-order valence-electron chi connectivity index (χ1n) is 8.81. The van der Waals surface area contributed by atoms with Gasteiger partial charge in [0.05, 0.1) is 23.9 Å². The van der Waals surface area contributed by atoms with Crippen LogP contribution in [-0.4, -0.2) is 38.2 Å². The molecule has 0 spiro atoms. The Bertz CT molecular complexity index is 916. The average molecular weight is 357 g/mol. The Kier molecular flexibility index (Phi) is 4.46. The molecule has 3 heterocycles. The second kappa shape index (κ2) is 6.78. The number of rotatable bonds is 4. The van der Waals surface area contributed by atoms with E-state index in [2.05, 4.69) is 9.88 Å². The topological polar surface area (TPSA) is 41.3 Å². The van der Waals surface area contributed by atoms with Gasteiger partial charge in [-0.1, -0.05) is 12.1 Å². The van der Waals surface area contributed by atoms with Gasteiger partial charge >= 0.3 is 0 Å². The van der Waals surface area contributed by atoms with E-state index < -0.39 is 17.2 Å². The molecule has 26 heavy (non-hydrogen) atoms. The molecule has 3 aromatic rings. The van der Waals surface area contributed by atoms with Gasteiger partial charge in [0.1, 0.15) is 0 Å². The van der Waals surface area contributed by atoms with E-state index in [1.165, 1.54) is 6.07 Å². The Labute approximate surface area is 150 Å². The molecule has 1 aliphatic heterocycles. The summed E-state index contributed by atoms with van der Waals surface area (Å²) in [5.74, 6) is -1.59. The molecule has 0 unspecified atom stereocenters. The smallest absolute Gasteiger partial charge is 0.163 e. The fourth-order valence-corrected chi connectivity index (χ4v) is 3.68. The fourth-order valence-electron chi connectivity index (χ4n) is 3.68. The first-order valence-corrected chi connectivity index (χ1v) is 8.81. The molecule has 0 saturated carbocycles. The molecule has 6 heteroatoms. The predicted octanol–water partition coefficient (Wildman–Crippen LogP) is 3.34. The zero-order valence-electron chi connectivity index (χ0n) is 14.4. The summed E-state index contributed by atoms with van der Waals surface area (Å²) < 4.78 is 29.2. The molecule has 0 radical (unpaired) electrons. The number of nitrogens with zero attached hydrogens (tertiary/aromatic N) is 3. The van der Waals surface area contributed by atoms with Crippen LogP contribution in [0.25, 0.3) is 10.9 Å². The number of hydrogen-bond acceptors (Lipinski definition) is 3. The maximum absolute atomic E-state index is 13.8. The zero-order valence-corrected chi connectivity index (χ0v) is 14.4. The molecule has 0 aliphatic carbocycles. The van der Waals surface area contributed by atoms with E-state index in [1.807, 2.05) is 22.9 Å². The highest BCUT2D eigenvalue weighted by molar-refractivity contribution is 5.78. The highest BCUT2D eigenvalue weighted by Crippen LogP contribution is 2.27. The van der Waals surface area contributed by atoms with Crippen molar-refractivity contribution in [2.24, 2.45) is 0 Å². The number of hydrogen-bond donors (Lipinski definition) is 1. The summed E-state index contributed by atoms with van der Waals surface area (Å²) in [6.07, 6.45) is 6.71. The first-order chi connectivity index (χ1) is 12.5. The lowest BCUT2D eigenvalue weighted by Crippen LogP contribution is -2.46. The van der Waals surface area contributed by atoms with Gasteiger partial charge in [0, 0.05) is 43.0 Å². The van der Waals surface area contributed by atoms with Crippen LogP contribution in [-0.2, 0) is 13.1 Å². The Morgan fingerprint density at radius 3 is 2.73 bits per heavy atom. The first kappa shape index (κ1) is 17.1. The van der Waals surface area contributed by atoms with E-state index in [9.17, 15) is 13.9 Å². The second-order valence-corrected chi connectivity index (χ2v) is 7.09. The van der Waals surface area contributed by atoms with Crippen LogP contribution in [0.3, 0.4) is 0 Å². The summed E-state index contributed by atoms with van der Waals surface area (Å²) in [5, 5.41) is 12.1. The normalized spacial score (nSPS) is 17.7. The minimum Gasteiger partial charge on any atom is -0.388 e. The van der Waals surface area contributed by atoms with E-state index in [1.54, 1.807) is 18.5 Å². The summed E-state index contributed by atoms with van der Waals surface area (Å²) in [5.41, 5.74) is 0.557. The van der Waals surface area contributed by atoms with Crippen LogP contribution in [0, 0.1) is 11.6 Å². The summed E-state index contributed by atoms with van der Waals surface area (Å²) in [6, 6.07) is 8.23. The number of fused-ring (bicyclic) bond motifs is 1. The lowest BCUT2D eigenvalue weighted by molar-refractivity contribution is -0.0351. The molecule has 4 nitrogen and oxygen atoms in total. The van der Waals surface area contributed by atoms with Crippen molar-refractivity contribution in [3.63, 3.8) is 0 Å². The van der Waals surface area contributed by atoms with Crippen molar-refractivity contribution in [3.05, 3.63) is 66.1 Å². The molecule has 1 fully saturated rings. The molecule has 0 atom stereocenters. The number of aliphatic hydroxyl groups is 1. The fraction of sp³-hybridized carbons (Fsp3) is 0.350. The van der Waals surface area contributed by atoms with Gasteiger partial charge in [-0.05, 0) is 31.0 Å². The van der Waals surface area contributed by atoms with Crippen molar-refractivity contribution in [2.45, 2.75) is 31.5 Å². The van der Waals surface area contributed by atoms with Gasteiger partial charge in [-0.2, -0.15) is 0 Å². The number of pyridine rings is 1. The number of benzene rings is 1. The Morgan fingerprint density at radius 2 is 1.92 bits per heavy atom. The molecular formula is C20H21F2N3O. The van der Waals surface area contributed by atoms with E-state index >= 15 is 0 Å². The molecule has 1 saturated heterocycles. The molecule has 0 amide bonds. The van der Waals surface area contributed by atoms with Crippen LogP contribution < -0.4 is 0 Å². The molecule has 0 bridgehead atoms. The highest BCUT2D eigenvalue weighted by Gasteiger charge is 2.33. The Balaban J connectivity index is 1.41.